The monoisotopic (exact) mass is 290 g/mol. The van der Waals surface area contributed by atoms with Crippen LogP contribution in [0.2, 0.25) is 0 Å². The average Bonchev–Trinajstić information content (AvgIpc) is 2.49. The highest BCUT2D eigenvalue weighted by Gasteiger charge is 2.23. The van der Waals surface area contributed by atoms with E-state index in [0.29, 0.717) is 18.8 Å². The first-order valence-electron chi connectivity index (χ1n) is 7.10. The molecular weight excluding hydrogens is 268 g/mol. The van der Waals surface area contributed by atoms with Crippen LogP contribution in [0.25, 0.3) is 0 Å². The molecule has 0 aromatic heterocycles. The summed E-state index contributed by atoms with van der Waals surface area (Å²) in [5.41, 5.74) is 1.56. The molecule has 21 heavy (non-hydrogen) atoms. The highest BCUT2D eigenvalue weighted by atomic mass is 16.7. The lowest BCUT2D eigenvalue weighted by Gasteiger charge is -2.21. The van der Waals surface area contributed by atoms with Gasteiger partial charge < -0.3 is 9.74 Å². The second kappa shape index (κ2) is 8.89. The van der Waals surface area contributed by atoms with Gasteiger partial charge in [0.25, 0.3) is 0 Å². The molecule has 0 atom stereocenters. The van der Waals surface area contributed by atoms with E-state index < -0.39 is 11.9 Å². The fraction of sp³-hybridized carbons (Fsp3) is 0.438. The Hall–Kier alpha value is -2.17. The second-order valence-corrected chi connectivity index (χ2v) is 4.98. The van der Waals surface area contributed by atoms with Gasteiger partial charge in [0, 0.05) is 13.1 Å². The van der Waals surface area contributed by atoms with Crippen molar-refractivity contribution in [3.8, 4) is 0 Å². The maximum absolute atomic E-state index is 12.1. The summed E-state index contributed by atoms with van der Waals surface area (Å²) < 4.78 is 0. The van der Waals surface area contributed by atoms with E-state index in [2.05, 4.69) is 9.99 Å². The lowest BCUT2D eigenvalue weighted by Crippen LogP contribution is -2.37. The minimum atomic E-state index is -0.941. The third-order valence-electron chi connectivity index (χ3n) is 2.77. The van der Waals surface area contributed by atoms with Crippen molar-refractivity contribution in [1.82, 2.24) is 4.90 Å². The Morgan fingerprint density at radius 3 is 2.43 bits per heavy atom. The average molecular weight is 290 g/mol. The summed E-state index contributed by atoms with van der Waals surface area (Å²) >= 11 is 0. The van der Waals surface area contributed by atoms with Gasteiger partial charge in [-0.3, -0.25) is 4.79 Å². The van der Waals surface area contributed by atoms with Gasteiger partial charge >= 0.3 is 11.9 Å². The Balaban J connectivity index is 2.74. The van der Waals surface area contributed by atoms with Gasteiger partial charge in [0.05, 0.1) is 5.71 Å². The van der Waals surface area contributed by atoms with Crippen molar-refractivity contribution >= 4 is 17.6 Å². The van der Waals surface area contributed by atoms with Crippen molar-refractivity contribution in [3.63, 3.8) is 0 Å². The van der Waals surface area contributed by atoms with Crippen LogP contribution in [0.3, 0.4) is 0 Å². The van der Waals surface area contributed by atoms with Crippen LogP contribution in [0.4, 0.5) is 0 Å². The number of oxime groups is 1. The molecule has 1 aromatic rings. The number of rotatable bonds is 6. The van der Waals surface area contributed by atoms with Crippen molar-refractivity contribution < 1.29 is 14.4 Å². The molecule has 0 aliphatic rings. The number of amides is 1. The van der Waals surface area contributed by atoms with E-state index in [1.807, 2.05) is 37.3 Å². The second-order valence-electron chi connectivity index (χ2n) is 4.98. The molecule has 0 aliphatic heterocycles. The fourth-order valence-electron chi connectivity index (χ4n) is 1.71. The van der Waals surface area contributed by atoms with Crippen LogP contribution in [0, 0.1) is 0 Å². The van der Waals surface area contributed by atoms with Crippen LogP contribution < -0.4 is 0 Å². The molecule has 0 unspecified atom stereocenters. The number of benzene rings is 1. The first-order valence-corrected chi connectivity index (χ1v) is 7.10. The Morgan fingerprint density at radius 1 is 1.19 bits per heavy atom. The standard InChI is InChI=1S/C16H22N2O3/c1-4-5-11-18(12-14-9-7-6-8-10-14)15(19)16(20)21-17-13(2)3/h6-10H,4-5,11-12H2,1-3H3. The summed E-state index contributed by atoms with van der Waals surface area (Å²) in [5.74, 6) is -1.60. The number of carbonyl (C=O) groups excluding carboxylic acids is 2. The van der Waals surface area contributed by atoms with Crippen LogP contribution >= 0.6 is 0 Å². The minimum Gasteiger partial charge on any atom is -0.329 e. The number of carbonyl (C=O) groups is 2. The lowest BCUT2D eigenvalue weighted by atomic mass is 10.2. The first-order chi connectivity index (χ1) is 10.0. The molecule has 5 nitrogen and oxygen atoms in total. The number of hydrogen-bond donors (Lipinski definition) is 0. The van der Waals surface area contributed by atoms with Gasteiger partial charge in [-0.05, 0) is 25.8 Å². The highest BCUT2D eigenvalue weighted by molar-refractivity contribution is 6.32. The summed E-state index contributed by atoms with van der Waals surface area (Å²) in [4.78, 5) is 30.0. The molecule has 0 spiro atoms. The zero-order valence-electron chi connectivity index (χ0n) is 12.8. The van der Waals surface area contributed by atoms with E-state index in [0.717, 1.165) is 18.4 Å². The van der Waals surface area contributed by atoms with Gasteiger partial charge in [0.1, 0.15) is 0 Å². The zero-order valence-corrected chi connectivity index (χ0v) is 12.8. The molecule has 0 bridgehead atoms. The van der Waals surface area contributed by atoms with Gasteiger partial charge in [0.15, 0.2) is 0 Å². The molecule has 1 rings (SSSR count). The summed E-state index contributed by atoms with van der Waals surface area (Å²) in [6.45, 7) is 6.33. The lowest BCUT2D eigenvalue weighted by molar-refractivity contribution is -0.160. The summed E-state index contributed by atoms with van der Waals surface area (Å²) in [5, 5.41) is 3.53. The van der Waals surface area contributed by atoms with Gasteiger partial charge in [0.2, 0.25) is 0 Å². The molecule has 0 fully saturated rings. The first kappa shape index (κ1) is 16.9. The third-order valence-corrected chi connectivity index (χ3v) is 2.77. The van der Waals surface area contributed by atoms with Gasteiger partial charge in [-0.15, -0.1) is 0 Å². The molecule has 0 heterocycles. The van der Waals surface area contributed by atoms with Gasteiger partial charge in [-0.1, -0.05) is 48.8 Å². The van der Waals surface area contributed by atoms with Crippen molar-refractivity contribution in [2.75, 3.05) is 6.54 Å². The molecule has 1 aromatic carbocycles. The Kier molecular flexibility index (Phi) is 7.15. The highest BCUT2D eigenvalue weighted by Crippen LogP contribution is 2.07. The predicted molar refractivity (Wildman–Crippen MR) is 81.6 cm³/mol. The van der Waals surface area contributed by atoms with E-state index in [-0.39, 0.29) is 0 Å². The van der Waals surface area contributed by atoms with Crippen LogP contribution in [0.15, 0.2) is 35.5 Å². The number of hydrogen-bond acceptors (Lipinski definition) is 4. The number of unbranched alkanes of at least 4 members (excludes halogenated alkanes) is 1. The quantitative estimate of drug-likeness (QED) is 0.350. The summed E-state index contributed by atoms with van der Waals surface area (Å²) in [7, 11) is 0. The van der Waals surface area contributed by atoms with Gasteiger partial charge in [-0.2, -0.15) is 0 Å². The third kappa shape index (κ3) is 6.21. The molecule has 0 saturated heterocycles. The van der Waals surface area contributed by atoms with Crippen LogP contribution in [0.5, 0.6) is 0 Å². The maximum Gasteiger partial charge on any atom is 0.422 e. The van der Waals surface area contributed by atoms with Crippen LogP contribution in [-0.4, -0.2) is 29.0 Å². The minimum absolute atomic E-state index is 0.392. The van der Waals surface area contributed by atoms with E-state index in [9.17, 15) is 9.59 Å². The maximum atomic E-state index is 12.1. The molecule has 5 heteroatoms. The summed E-state index contributed by atoms with van der Waals surface area (Å²) in [6.07, 6.45) is 1.78. The molecular formula is C16H22N2O3. The molecule has 1 amide bonds. The van der Waals surface area contributed by atoms with Crippen molar-refractivity contribution in [3.05, 3.63) is 35.9 Å². The van der Waals surface area contributed by atoms with E-state index in [4.69, 9.17) is 0 Å². The van der Waals surface area contributed by atoms with E-state index >= 15 is 0 Å². The summed E-state index contributed by atoms with van der Waals surface area (Å²) in [6, 6.07) is 9.56. The normalized spacial score (nSPS) is 9.86. The van der Waals surface area contributed by atoms with Crippen molar-refractivity contribution in [2.24, 2.45) is 5.16 Å². The Morgan fingerprint density at radius 2 is 1.86 bits per heavy atom. The Labute approximate surface area is 125 Å². The fourth-order valence-corrected chi connectivity index (χ4v) is 1.71. The van der Waals surface area contributed by atoms with Crippen LogP contribution in [0.1, 0.15) is 39.2 Å². The zero-order chi connectivity index (χ0) is 15.7. The van der Waals surface area contributed by atoms with Crippen molar-refractivity contribution in [1.29, 1.82) is 0 Å². The molecule has 0 saturated carbocycles. The molecule has 0 aliphatic carbocycles. The molecule has 0 radical (unpaired) electrons. The predicted octanol–water partition coefficient (Wildman–Crippen LogP) is 2.75. The Bertz CT molecular complexity index is 494. The smallest absolute Gasteiger partial charge is 0.329 e. The van der Waals surface area contributed by atoms with E-state index in [1.165, 1.54) is 4.90 Å². The molecule has 0 N–H and O–H groups in total. The van der Waals surface area contributed by atoms with Gasteiger partial charge in [-0.25, -0.2) is 4.79 Å². The van der Waals surface area contributed by atoms with Crippen molar-refractivity contribution in [2.45, 2.75) is 40.2 Å². The number of nitrogens with zero attached hydrogens (tertiary/aromatic N) is 2. The molecule has 114 valence electrons. The van der Waals surface area contributed by atoms with E-state index in [1.54, 1.807) is 13.8 Å². The van der Waals surface area contributed by atoms with Crippen LogP contribution in [-0.2, 0) is 21.0 Å². The largest absolute Gasteiger partial charge is 0.422 e. The SMILES string of the molecule is CCCCN(Cc1ccccc1)C(=O)C(=O)ON=C(C)C. The topological polar surface area (TPSA) is 59.0 Å².